The van der Waals surface area contributed by atoms with Gasteiger partial charge in [0.15, 0.2) is 5.13 Å². The second kappa shape index (κ2) is 10.8. The number of hydrogen-bond acceptors (Lipinski definition) is 9. The van der Waals surface area contributed by atoms with E-state index in [1.54, 1.807) is 9.80 Å². The molecule has 0 bridgehead atoms. The van der Waals surface area contributed by atoms with Crippen molar-refractivity contribution in [1.82, 2.24) is 14.9 Å². The molecule has 1 amide bonds. The number of aromatic nitrogens is 2. The van der Waals surface area contributed by atoms with Crippen molar-refractivity contribution in [2.24, 2.45) is 0 Å². The predicted molar refractivity (Wildman–Crippen MR) is 147 cm³/mol. The lowest BCUT2D eigenvalue weighted by atomic mass is 9.93. The minimum absolute atomic E-state index is 0.0642. The monoisotopic (exact) mass is 558 g/mol. The number of aliphatic hydroxyl groups is 1. The lowest BCUT2D eigenvalue weighted by Gasteiger charge is -2.32. The van der Waals surface area contributed by atoms with Gasteiger partial charge >= 0.3 is 6.09 Å². The zero-order chi connectivity index (χ0) is 27.0. The molecule has 1 aliphatic carbocycles. The lowest BCUT2D eigenvalue weighted by Crippen LogP contribution is -2.42. The van der Waals surface area contributed by atoms with Gasteiger partial charge in [-0.2, -0.15) is 0 Å². The molecule has 0 radical (unpaired) electrons. The highest BCUT2D eigenvalue weighted by atomic mass is 32.1. The maximum Gasteiger partial charge on any atom is 0.414 e. The maximum atomic E-state index is 14.1. The first-order valence-electron chi connectivity index (χ1n) is 13.5. The van der Waals surface area contributed by atoms with Gasteiger partial charge in [0.1, 0.15) is 18.2 Å². The number of aliphatic hydroxyl groups excluding tert-OH is 1. The van der Waals surface area contributed by atoms with E-state index in [0.717, 1.165) is 47.2 Å². The summed E-state index contributed by atoms with van der Waals surface area (Å²) in [6, 6.07) is 9.68. The number of benzene rings is 1. The maximum absolute atomic E-state index is 14.1. The number of alkyl halides is 2. The standard InChI is InChI=1S/C27H32F2N6O3S/c28-27(29)8-1-9-34(16-27)15-17-12-23(30-18-2-5-20(36)6-3-18)32-24(13-17)33-25-31-21-7-4-19(14-22(21)39-25)35-10-11-38-26(35)37/h4,7,12-14,18,20,36H,1-3,5-6,8-11,15-16H2,(H2,30,31,32,33)/t18-,20-. The normalized spacial score (nSPS) is 23.7. The van der Waals surface area contributed by atoms with Gasteiger partial charge in [0.25, 0.3) is 5.92 Å². The van der Waals surface area contributed by atoms with Crippen molar-refractivity contribution in [3.8, 4) is 0 Å². The highest BCUT2D eigenvalue weighted by Gasteiger charge is 2.35. The number of ether oxygens (including phenoxy) is 1. The summed E-state index contributed by atoms with van der Waals surface area (Å²) in [6.07, 6.45) is 2.99. The number of likely N-dealkylation sites (tertiary alicyclic amines) is 1. The van der Waals surface area contributed by atoms with E-state index in [9.17, 15) is 18.7 Å². The molecule has 4 heterocycles. The molecule has 3 aromatic rings. The summed E-state index contributed by atoms with van der Waals surface area (Å²) in [5.74, 6) is -1.41. The van der Waals surface area contributed by atoms with Crippen LogP contribution < -0.4 is 15.5 Å². The number of fused-ring (bicyclic) bond motifs is 1. The van der Waals surface area contributed by atoms with Gasteiger partial charge in [-0.05, 0) is 74.5 Å². The predicted octanol–water partition coefficient (Wildman–Crippen LogP) is 5.34. The van der Waals surface area contributed by atoms with Crippen molar-refractivity contribution < 1.29 is 23.4 Å². The van der Waals surface area contributed by atoms with Crippen molar-refractivity contribution >= 4 is 50.1 Å². The van der Waals surface area contributed by atoms with Crippen molar-refractivity contribution in [3.05, 3.63) is 35.9 Å². The Bertz CT molecular complexity index is 1350. The first kappa shape index (κ1) is 26.1. The van der Waals surface area contributed by atoms with Crippen molar-refractivity contribution in [3.63, 3.8) is 0 Å². The fourth-order valence-electron chi connectivity index (χ4n) is 5.56. The van der Waals surface area contributed by atoms with Gasteiger partial charge in [-0.15, -0.1) is 0 Å². The molecule has 2 saturated heterocycles. The minimum Gasteiger partial charge on any atom is -0.447 e. The third kappa shape index (κ3) is 6.23. The first-order valence-corrected chi connectivity index (χ1v) is 14.3. The van der Waals surface area contributed by atoms with Gasteiger partial charge in [0.2, 0.25) is 0 Å². The van der Waals surface area contributed by atoms with Gasteiger partial charge in [-0.3, -0.25) is 9.80 Å². The van der Waals surface area contributed by atoms with E-state index in [1.165, 1.54) is 11.3 Å². The van der Waals surface area contributed by atoms with Crippen LogP contribution in [0, 0.1) is 0 Å². The van der Waals surface area contributed by atoms with Crippen LogP contribution in [0.4, 0.5) is 36.0 Å². The molecular weight excluding hydrogens is 526 g/mol. The number of carbonyl (C=O) groups is 1. The van der Waals surface area contributed by atoms with Crippen LogP contribution in [0.5, 0.6) is 0 Å². The molecule has 1 saturated carbocycles. The third-order valence-corrected chi connectivity index (χ3v) is 8.42. The number of nitrogens with one attached hydrogen (secondary N) is 2. The average Bonchev–Trinajstić information content (AvgIpc) is 3.49. The zero-order valence-electron chi connectivity index (χ0n) is 21.5. The molecule has 0 atom stereocenters. The Hall–Kier alpha value is -3.09. The number of halogens is 2. The molecule has 9 nitrogen and oxygen atoms in total. The summed E-state index contributed by atoms with van der Waals surface area (Å²) in [7, 11) is 0. The SMILES string of the molecule is O=C1OCCN1c1ccc2nc(Nc3cc(CN4CCCC(F)(F)C4)cc(N[C@H]4CC[C@H](O)CC4)n3)sc2c1. The van der Waals surface area contributed by atoms with Crippen LogP contribution in [0.1, 0.15) is 44.1 Å². The second-order valence-electron chi connectivity index (χ2n) is 10.6. The topological polar surface area (TPSA) is 103 Å². The fraction of sp³-hybridized carbons (Fsp3) is 0.519. The quantitative estimate of drug-likeness (QED) is 0.357. The van der Waals surface area contributed by atoms with Crippen molar-refractivity contribution in [2.75, 3.05) is 41.8 Å². The van der Waals surface area contributed by atoms with Gasteiger partial charge in [0, 0.05) is 24.7 Å². The Morgan fingerprint density at radius 1 is 1.10 bits per heavy atom. The number of carbonyl (C=O) groups excluding carboxylic acids is 1. The number of thiazole rings is 1. The highest BCUT2D eigenvalue weighted by Crippen LogP contribution is 2.33. The summed E-state index contributed by atoms with van der Waals surface area (Å²) < 4.78 is 34.1. The number of hydrogen-bond donors (Lipinski definition) is 3. The molecule has 0 spiro atoms. The Morgan fingerprint density at radius 3 is 2.69 bits per heavy atom. The molecule has 1 aromatic carbocycles. The molecule has 0 unspecified atom stereocenters. The minimum atomic E-state index is -2.66. The van der Waals surface area contributed by atoms with Crippen LogP contribution in [-0.4, -0.2) is 70.4 Å². The van der Waals surface area contributed by atoms with Crippen molar-refractivity contribution in [2.45, 2.75) is 63.1 Å². The molecule has 12 heteroatoms. The molecule has 3 N–H and O–H groups in total. The molecular formula is C27H32F2N6O3S. The van der Waals surface area contributed by atoms with Gasteiger partial charge in [-0.1, -0.05) is 11.3 Å². The number of nitrogens with zero attached hydrogens (tertiary/aromatic N) is 4. The number of piperidine rings is 1. The first-order chi connectivity index (χ1) is 18.8. The number of rotatable bonds is 7. The Morgan fingerprint density at radius 2 is 1.92 bits per heavy atom. The Kier molecular flexibility index (Phi) is 7.25. The molecule has 6 rings (SSSR count). The number of amides is 1. The van der Waals surface area contributed by atoms with E-state index in [2.05, 4.69) is 15.6 Å². The van der Waals surface area contributed by atoms with E-state index in [1.807, 2.05) is 30.3 Å². The van der Waals surface area contributed by atoms with Crippen LogP contribution in [0.3, 0.4) is 0 Å². The summed E-state index contributed by atoms with van der Waals surface area (Å²) in [4.78, 5) is 24.8. The third-order valence-electron chi connectivity index (χ3n) is 7.49. The summed E-state index contributed by atoms with van der Waals surface area (Å²) in [5.41, 5.74) is 2.45. The van der Waals surface area contributed by atoms with Gasteiger partial charge in [0.05, 0.1) is 29.4 Å². The number of pyridine rings is 1. The molecule has 208 valence electrons. The molecule has 39 heavy (non-hydrogen) atoms. The Labute approximate surface area is 229 Å². The van der Waals surface area contributed by atoms with Crippen LogP contribution in [0.2, 0.25) is 0 Å². The van der Waals surface area contributed by atoms with Crippen LogP contribution >= 0.6 is 11.3 Å². The average molecular weight is 559 g/mol. The van der Waals surface area contributed by atoms with E-state index in [-0.39, 0.29) is 31.2 Å². The fourth-order valence-corrected chi connectivity index (χ4v) is 6.46. The van der Waals surface area contributed by atoms with Crippen LogP contribution in [0.15, 0.2) is 30.3 Å². The van der Waals surface area contributed by atoms with E-state index in [0.29, 0.717) is 49.4 Å². The highest BCUT2D eigenvalue weighted by molar-refractivity contribution is 7.22. The van der Waals surface area contributed by atoms with Crippen molar-refractivity contribution in [1.29, 1.82) is 0 Å². The molecule has 3 aliphatic rings. The van der Waals surface area contributed by atoms with E-state index >= 15 is 0 Å². The summed E-state index contributed by atoms with van der Waals surface area (Å²) in [5, 5.41) is 17.3. The van der Waals surface area contributed by atoms with E-state index < -0.39 is 5.92 Å². The number of anilines is 4. The molecule has 2 aliphatic heterocycles. The Balaban J connectivity index is 1.24. The smallest absolute Gasteiger partial charge is 0.414 e. The van der Waals surface area contributed by atoms with Gasteiger partial charge in [-0.25, -0.2) is 23.5 Å². The second-order valence-corrected chi connectivity index (χ2v) is 11.7. The van der Waals surface area contributed by atoms with Crippen LogP contribution in [-0.2, 0) is 11.3 Å². The van der Waals surface area contributed by atoms with Crippen LogP contribution in [0.25, 0.3) is 10.2 Å². The van der Waals surface area contributed by atoms with E-state index in [4.69, 9.17) is 9.72 Å². The molecule has 3 fully saturated rings. The lowest BCUT2D eigenvalue weighted by molar-refractivity contribution is -0.0661. The molecule has 2 aromatic heterocycles. The summed E-state index contributed by atoms with van der Waals surface area (Å²) >= 11 is 1.45. The summed E-state index contributed by atoms with van der Waals surface area (Å²) in [6.45, 7) is 1.69. The largest absolute Gasteiger partial charge is 0.447 e. The van der Waals surface area contributed by atoms with Gasteiger partial charge < -0.3 is 20.5 Å². The zero-order valence-corrected chi connectivity index (χ0v) is 22.4. The number of cyclic esters (lactones) is 1.